The molecule has 2 aromatic heterocycles. The van der Waals surface area contributed by atoms with Crippen LogP contribution in [0, 0.1) is 0 Å². The molecule has 2 rings (SSSR count). The van der Waals surface area contributed by atoms with Crippen LogP contribution in [0.4, 0.5) is 0 Å². The first-order chi connectivity index (χ1) is 8.86. The number of aryl methyl sites for hydroxylation is 2. The number of hydrogen-bond donors (Lipinski definition) is 1. The number of thiazole rings is 1. The summed E-state index contributed by atoms with van der Waals surface area (Å²) in [5.74, 6) is 0. The number of rotatable bonds is 4. The Morgan fingerprint density at radius 2 is 2.16 bits per heavy atom. The van der Waals surface area contributed by atoms with E-state index in [0.29, 0.717) is 6.42 Å². The number of aliphatic hydroxyl groups is 1. The van der Waals surface area contributed by atoms with Crippen molar-refractivity contribution < 1.29 is 5.11 Å². The van der Waals surface area contributed by atoms with Crippen molar-refractivity contribution in [2.24, 2.45) is 7.05 Å². The van der Waals surface area contributed by atoms with Gasteiger partial charge >= 0.3 is 0 Å². The van der Waals surface area contributed by atoms with E-state index < -0.39 is 6.10 Å². The highest BCUT2D eigenvalue weighted by molar-refractivity contribution is 7.09. The molecule has 4 nitrogen and oxygen atoms in total. The first kappa shape index (κ1) is 14.2. The Morgan fingerprint density at radius 3 is 2.68 bits per heavy atom. The van der Waals surface area contributed by atoms with Gasteiger partial charge in [0, 0.05) is 24.0 Å². The Kier molecular flexibility index (Phi) is 4.06. The van der Waals surface area contributed by atoms with Gasteiger partial charge in [-0.25, -0.2) is 4.98 Å². The van der Waals surface area contributed by atoms with E-state index in [1.165, 1.54) is 0 Å². The molecule has 1 atom stereocenters. The van der Waals surface area contributed by atoms with Crippen LogP contribution in [0.5, 0.6) is 0 Å². The quantitative estimate of drug-likeness (QED) is 0.936. The fourth-order valence-corrected chi connectivity index (χ4v) is 2.79. The van der Waals surface area contributed by atoms with E-state index in [2.05, 4.69) is 30.9 Å². The van der Waals surface area contributed by atoms with Crippen molar-refractivity contribution in [2.75, 3.05) is 0 Å². The molecule has 2 aromatic rings. The van der Waals surface area contributed by atoms with Gasteiger partial charge < -0.3 is 5.11 Å². The molecule has 5 heteroatoms. The number of nitrogens with zero attached hydrogens (tertiary/aromatic N) is 3. The zero-order valence-corrected chi connectivity index (χ0v) is 12.7. The second kappa shape index (κ2) is 5.43. The molecule has 104 valence electrons. The molecule has 0 saturated carbocycles. The number of aromatic nitrogens is 3. The molecular weight excluding hydrogens is 258 g/mol. The Hall–Kier alpha value is -1.20. The topological polar surface area (TPSA) is 50.9 Å². The summed E-state index contributed by atoms with van der Waals surface area (Å²) >= 11 is 1.62. The van der Waals surface area contributed by atoms with Gasteiger partial charge in [0.25, 0.3) is 0 Å². The Labute approximate surface area is 118 Å². The van der Waals surface area contributed by atoms with Gasteiger partial charge in [0.15, 0.2) is 0 Å². The monoisotopic (exact) mass is 279 g/mol. The number of hydrogen-bond acceptors (Lipinski definition) is 4. The molecule has 0 aromatic carbocycles. The smallest absolute Gasteiger partial charge is 0.0983 e. The van der Waals surface area contributed by atoms with Crippen LogP contribution in [0.1, 0.15) is 49.6 Å². The van der Waals surface area contributed by atoms with E-state index in [9.17, 15) is 5.11 Å². The van der Waals surface area contributed by atoms with E-state index in [1.54, 1.807) is 16.0 Å². The van der Waals surface area contributed by atoms with Crippen molar-refractivity contribution in [3.05, 3.63) is 34.0 Å². The van der Waals surface area contributed by atoms with Gasteiger partial charge in [0.1, 0.15) is 0 Å². The van der Waals surface area contributed by atoms with Crippen LogP contribution in [-0.2, 0) is 18.9 Å². The minimum atomic E-state index is -0.493. The molecule has 1 N–H and O–H groups in total. The molecule has 0 amide bonds. The third-order valence-corrected chi connectivity index (χ3v) is 4.26. The molecular formula is C14H21N3OS. The molecule has 19 heavy (non-hydrogen) atoms. The Balaban J connectivity index is 1.96. The first-order valence-corrected chi connectivity index (χ1v) is 7.36. The van der Waals surface area contributed by atoms with Gasteiger partial charge in [-0.05, 0) is 18.4 Å². The molecule has 0 fully saturated rings. The van der Waals surface area contributed by atoms with Gasteiger partial charge in [-0.1, -0.05) is 20.8 Å². The molecule has 0 radical (unpaired) electrons. The van der Waals surface area contributed by atoms with E-state index in [-0.39, 0.29) is 5.41 Å². The molecule has 0 aliphatic carbocycles. The third kappa shape index (κ3) is 3.64. The highest BCUT2D eigenvalue weighted by Crippen LogP contribution is 2.28. The van der Waals surface area contributed by atoms with Crippen LogP contribution >= 0.6 is 11.3 Å². The van der Waals surface area contributed by atoms with E-state index in [4.69, 9.17) is 0 Å². The molecule has 2 heterocycles. The van der Waals surface area contributed by atoms with Crippen LogP contribution in [0.25, 0.3) is 0 Å². The van der Waals surface area contributed by atoms with Crippen molar-refractivity contribution in [3.63, 3.8) is 0 Å². The van der Waals surface area contributed by atoms with Crippen molar-refractivity contribution in [3.8, 4) is 0 Å². The van der Waals surface area contributed by atoms with E-state index in [1.807, 2.05) is 24.8 Å². The van der Waals surface area contributed by atoms with Crippen molar-refractivity contribution in [1.29, 1.82) is 0 Å². The fraction of sp³-hybridized carbons (Fsp3) is 0.571. The van der Waals surface area contributed by atoms with Crippen molar-refractivity contribution >= 4 is 11.3 Å². The summed E-state index contributed by atoms with van der Waals surface area (Å²) in [6.07, 6.45) is 4.83. The van der Waals surface area contributed by atoms with Gasteiger partial charge in [0.2, 0.25) is 0 Å². The van der Waals surface area contributed by atoms with Gasteiger partial charge in [-0.3, -0.25) is 4.68 Å². The van der Waals surface area contributed by atoms with Crippen LogP contribution in [0.15, 0.2) is 17.8 Å². The maximum atomic E-state index is 10.2. The minimum absolute atomic E-state index is 0.0476. The summed E-state index contributed by atoms with van der Waals surface area (Å²) < 4.78 is 1.78. The summed E-state index contributed by atoms with van der Waals surface area (Å²) in [6, 6.07) is 0. The SMILES string of the molecule is Cn1cc(CCC(O)c2csc(C(C)(C)C)n2)cn1. The summed E-state index contributed by atoms with van der Waals surface area (Å²) in [5.41, 5.74) is 1.98. The Morgan fingerprint density at radius 1 is 1.42 bits per heavy atom. The van der Waals surface area contributed by atoms with Crippen LogP contribution in [0.3, 0.4) is 0 Å². The first-order valence-electron chi connectivity index (χ1n) is 6.48. The molecule has 0 aliphatic heterocycles. The maximum Gasteiger partial charge on any atom is 0.0983 e. The lowest BCUT2D eigenvalue weighted by molar-refractivity contribution is 0.163. The summed E-state index contributed by atoms with van der Waals surface area (Å²) in [5, 5.41) is 17.3. The van der Waals surface area contributed by atoms with E-state index in [0.717, 1.165) is 22.7 Å². The van der Waals surface area contributed by atoms with Gasteiger partial charge in [-0.15, -0.1) is 11.3 Å². The predicted octanol–water partition coefficient (Wildman–Crippen LogP) is 2.84. The zero-order chi connectivity index (χ0) is 14.0. The number of aliphatic hydroxyl groups excluding tert-OH is 1. The molecule has 0 spiro atoms. The van der Waals surface area contributed by atoms with Gasteiger partial charge in [0.05, 0.1) is 23.0 Å². The average molecular weight is 279 g/mol. The predicted molar refractivity (Wildman–Crippen MR) is 77.3 cm³/mol. The lowest BCUT2D eigenvalue weighted by Gasteiger charge is -2.14. The molecule has 1 unspecified atom stereocenters. The largest absolute Gasteiger partial charge is 0.387 e. The Bertz CT molecular complexity index is 539. The average Bonchev–Trinajstić information content (AvgIpc) is 2.93. The fourth-order valence-electron chi connectivity index (χ4n) is 1.84. The van der Waals surface area contributed by atoms with E-state index >= 15 is 0 Å². The summed E-state index contributed by atoms with van der Waals surface area (Å²) in [7, 11) is 1.90. The lowest BCUT2D eigenvalue weighted by Crippen LogP contribution is -2.11. The summed E-state index contributed by atoms with van der Waals surface area (Å²) in [6.45, 7) is 6.41. The maximum absolute atomic E-state index is 10.2. The van der Waals surface area contributed by atoms with Crippen LogP contribution < -0.4 is 0 Å². The zero-order valence-electron chi connectivity index (χ0n) is 11.9. The second-order valence-electron chi connectivity index (χ2n) is 5.90. The summed E-state index contributed by atoms with van der Waals surface area (Å²) in [4.78, 5) is 4.55. The van der Waals surface area contributed by atoms with Crippen molar-refractivity contribution in [1.82, 2.24) is 14.8 Å². The van der Waals surface area contributed by atoms with Gasteiger partial charge in [-0.2, -0.15) is 5.10 Å². The highest BCUT2D eigenvalue weighted by Gasteiger charge is 2.20. The van der Waals surface area contributed by atoms with Crippen molar-refractivity contribution in [2.45, 2.75) is 45.1 Å². The third-order valence-electron chi connectivity index (χ3n) is 2.97. The molecule has 0 saturated heterocycles. The lowest BCUT2D eigenvalue weighted by atomic mass is 9.98. The molecule has 0 aliphatic rings. The second-order valence-corrected chi connectivity index (χ2v) is 6.76. The normalized spacial score (nSPS) is 13.7. The standard InChI is InChI=1S/C14H21N3OS/c1-14(2,3)13-16-11(9-19-13)12(18)6-5-10-7-15-17(4)8-10/h7-9,12,18H,5-6H2,1-4H3. The highest BCUT2D eigenvalue weighted by atomic mass is 32.1. The molecule has 0 bridgehead atoms. The minimum Gasteiger partial charge on any atom is -0.387 e. The van der Waals surface area contributed by atoms with Crippen LogP contribution in [0.2, 0.25) is 0 Å². The van der Waals surface area contributed by atoms with Crippen LogP contribution in [-0.4, -0.2) is 19.9 Å².